The molecule has 1 aromatic heterocycles. The maximum Gasteiger partial charge on any atom is 0.126 e. The van der Waals surface area contributed by atoms with Crippen molar-refractivity contribution in [3.05, 3.63) is 52.6 Å². The minimum atomic E-state index is 0.175. The lowest BCUT2D eigenvalue weighted by Gasteiger charge is -2.16. The van der Waals surface area contributed by atoms with Crippen molar-refractivity contribution in [1.29, 1.82) is 0 Å². The molecule has 1 heterocycles. The highest BCUT2D eigenvalue weighted by atomic mass is 79.9. The summed E-state index contributed by atoms with van der Waals surface area (Å²) in [5.41, 5.74) is 1.18. The van der Waals surface area contributed by atoms with Crippen LogP contribution in [0.25, 0.3) is 0 Å². The minimum absolute atomic E-state index is 0.175. The van der Waals surface area contributed by atoms with Crippen LogP contribution in [0, 0.1) is 0 Å². The molecule has 2 rings (SSSR count). The monoisotopic (exact) mass is 320 g/mol. The fraction of sp³-hybridized carbons (Fsp3) is 0.267. The summed E-state index contributed by atoms with van der Waals surface area (Å²) in [5, 5.41) is 3.37. The molecule has 1 N–H and O–H groups in total. The highest BCUT2D eigenvalue weighted by molar-refractivity contribution is 9.10. The lowest BCUT2D eigenvalue weighted by atomic mass is 10.1. The van der Waals surface area contributed by atoms with Gasteiger partial charge in [0.2, 0.25) is 0 Å². The van der Waals surface area contributed by atoms with E-state index in [9.17, 15) is 0 Å². The van der Waals surface area contributed by atoms with E-state index in [2.05, 4.69) is 45.3 Å². The summed E-state index contributed by atoms with van der Waals surface area (Å²) >= 11 is 3.38. The molecule has 1 atom stereocenters. The second-order valence-electron chi connectivity index (χ2n) is 4.23. The van der Waals surface area contributed by atoms with E-state index in [0.717, 1.165) is 16.0 Å². The molecular formula is C15H17BrN2O. The van der Waals surface area contributed by atoms with E-state index in [-0.39, 0.29) is 6.04 Å². The average molecular weight is 321 g/mol. The molecular weight excluding hydrogens is 304 g/mol. The molecule has 0 saturated carbocycles. The van der Waals surface area contributed by atoms with Crippen molar-refractivity contribution in [2.24, 2.45) is 0 Å². The van der Waals surface area contributed by atoms with Gasteiger partial charge in [0.1, 0.15) is 11.6 Å². The van der Waals surface area contributed by atoms with E-state index in [1.165, 1.54) is 5.56 Å². The molecule has 0 radical (unpaired) electrons. The van der Waals surface area contributed by atoms with Crippen molar-refractivity contribution >= 4 is 21.7 Å². The highest BCUT2D eigenvalue weighted by Crippen LogP contribution is 2.22. The lowest BCUT2D eigenvalue weighted by Crippen LogP contribution is -2.08. The van der Waals surface area contributed by atoms with Gasteiger partial charge in [-0.1, -0.05) is 12.1 Å². The molecule has 0 saturated heterocycles. The molecule has 0 spiro atoms. The van der Waals surface area contributed by atoms with E-state index in [1.54, 1.807) is 6.20 Å². The molecule has 0 aliphatic heterocycles. The second-order valence-corrected chi connectivity index (χ2v) is 5.15. The van der Waals surface area contributed by atoms with Crippen LogP contribution >= 0.6 is 15.9 Å². The van der Waals surface area contributed by atoms with Crippen molar-refractivity contribution < 1.29 is 4.74 Å². The smallest absolute Gasteiger partial charge is 0.126 e. The first-order chi connectivity index (χ1) is 9.19. The molecule has 0 bridgehead atoms. The molecule has 0 fully saturated rings. The number of benzene rings is 1. The number of nitrogens with one attached hydrogen (secondary N) is 1. The largest absolute Gasteiger partial charge is 0.494 e. The Balaban J connectivity index is 2.08. The van der Waals surface area contributed by atoms with Gasteiger partial charge < -0.3 is 10.1 Å². The van der Waals surface area contributed by atoms with Gasteiger partial charge >= 0.3 is 0 Å². The Morgan fingerprint density at radius 1 is 1.32 bits per heavy atom. The Morgan fingerprint density at radius 3 is 2.84 bits per heavy atom. The Labute approximate surface area is 122 Å². The number of nitrogens with zero attached hydrogens (tertiary/aromatic N) is 1. The zero-order valence-electron chi connectivity index (χ0n) is 11.1. The van der Waals surface area contributed by atoms with Gasteiger partial charge in [0, 0.05) is 10.7 Å². The number of hydrogen-bond donors (Lipinski definition) is 1. The molecule has 1 aromatic carbocycles. The van der Waals surface area contributed by atoms with Gasteiger partial charge in [-0.3, -0.25) is 0 Å². The van der Waals surface area contributed by atoms with Crippen LogP contribution in [0.3, 0.4) is 0 Å². The molecule has 0 aliphatic carbocycles. The Hall–Kier alpha value is -1.55. The zero-order valence-corrected chi connectivity index (χ0v) is 12.6. The summed E-state index contributed by atoms with van der Waals surface area (Å²) in [6, 6.07) is 12.2. The molecule has 3 nitrogen and oxygen atoms in total. The molecule has 1 unspecified atom stereocenters. The fourth-order valence-corrected chi connectivity index (χ4v) is 2.04. The quantitative estimate of drug-likeness (QED) is 0.885. The number of rotatable bonds is 5. The average Bonchev–Trinajstić information content (AvgIpc) is 2.42. The van der Waals surface area contributed by atoms with Gasteiger partial charge in [-0.05, 0) is 59.6 Å². The van der Waals surface area contributed by atoms with Crippen molar-refractivity contribution in [3.8, 4) is 5.75 Å². The van der Waals surface area contributed by atoms with E-state index >= 15 is 0 Å². The van der Waals surface area contributed by atoms with Gasteiger partial charge in [-0.25, -0.2) is 4.98 Å². The number of pyridine rings is 1. The molecule has 100 valence electrons. The van der Waals surface area contributed by atoms with Crippen LogP contribution in [-0.4, -0.2) is 11.6 Å². The van der Waals surface area contributed by atoms with Gasteiger partial charge in [-0.15, -0.1) is 0 Å². The fourth-order valence-electron chi connectivity index (χ4n) is 1.81. The first-order valence-corrected chi connectivity index (χ1v) is 7.09. The molecule has 2 aromatic rings. The van der Waals surface area contributed by atoms with E-state index in [1.807, 2.05) is 31.2 Å². The van der Waals surface area contributed by atoms with Crippen molar-refractivity contribution in [2.45, 2.75) is 19.9 Å². The Morgan fingerprint density at radius 2 is 2.16 bits per heavy atom. The predicted octanol–water partition coefficient (Wildman–Crippen LogP) is 4.42. The summed E-state index contributed by atoms with van der Waals surface area (Å²) < 4.78 is 6.49. The Bertz CT molecular complexity index is 528. The normalized spacial score (nSPS) is 11.9. The number of halogens is 1. The maximum atomic E-state index is 5.51. The second kappa shape index (κ2) is 6.57. The third-order valence-electron chi connectivity index (χ3n) is 2.76. The van der Waals surface area contributed by atoms with Crippen LogP contribution in [0.15, 0.2) is 47.1 Å². The number of anilines is 1. The predicted molar refractivity (Wildman–Crippen MR) is 81.6 cm³/mol. The third-order valence-corrected chi connectivity index (χ3v) is 3.23. The highest BCUT2D eigenvalue weighted by Gasteiger charge is 2.07. The van der Waals surface area contributed by atoms with E-state index in [0.29, 0.717) is 6.61 Å². The standard InChI is InChI=1S/C15H17BrN2O/c1-3-19-14-6-4-5-12(9-14)11(2)18-15-8-7-13(16)10-17-15/h4-11H,3H2,1-2H3,(H,17,18). The number of hydrogen-bond acceptors (Lipinski definition) is 3. The van der Waals surface area contributed by atoms with E-state index < -0.39 is 0 Å². The third kappa shape index (κ3) is 3.96. The van der Waals surface area contributed by atoms with Crippen LogP contribution in [0.2, 0.25) is 0 Å². The van der Waals surface area contributed by atoms with Gasteiger partial charge in [-0.2, -0.15) is 0 Å². The van der Waals surface area contributed by atoms with Crippen LogP contribution in [0.4, 0.5) is 5.82 Å². The summed E-state index contributed by atoms with van der Waals surface area (Å²) in [6.45, 7) is 4.77. The van der Waals surface area contributed by atoms with Gasteiger partial charge in [0.25, 0.3) is 0 Å². The topological polar surface area (TPSA) is 34.1 Å². The van der Waals surface area contributed by atoms with Gasteiger partial charge in [0.15, 0.2) is 0 Å². The molecule has 0 amide bonds. The summed E-state index contributed by atoms with van der Waals surface area (Å²) in [7, 11) is 0. The van der Waals surface area contributed by atoms with Crippen molar-refractivity contribution in [3.63, 3.8) is 0 Å². The molecule has 4 heteroatoms. The Kier molecular flexibility index (Phi) is 4.80. The van der Waals surface area contributed by atoms with Crippen molar-refractivity contribution in [2.75, 3.05) is 11.9 Å². The first-order valence-electron chi connectivity index (χ1n) is 6.30. The molecule has 0 aliphatic rings. The number of ether oxygens (including phenoxy) is 1. The van der Waals surface area contributed by atoms with Crippen LogP contribution < -0.4 is 10.1 Å². The zero-order chi connectivity index (χ0) is 13.7. The molecule has 19 heavy (non-hydrogen) atoms. The summed E-state index contributed by atoms with van der Waals surface area (Å²) in [5.74, 6) is 1.76. The van der Waals surface area contributed by atoms with Crippen LogP contribution in [0.1, 0.15) is 25.5 Å². The number of aromatic nitrogens is 1. The van der Waals surface area contributed by atoms with Crippen molar-refractivity contribution in [1.82, 2.24) is 4.98 Å². The van der Waals surface area contributed by atoms with Gasteiger partial charge in [0.05, 0.1) is 12.6 Å². The van der Waals surface area contributed by atoms with Crippen LogP contribution in [0.5, 0.6) is 5.75 Å². The van der Waals surface area contributed by atoms with Crippen LogP contribution in [-0.2, 0) is 0 Å². The van der Waals surface area contributed by atoms with E-state index in [4.69, 9.17) is 4.74 Å². The minimum Gasteiger partial charge on any atom is -0.494 e. The maximum absolute atomic E-state index is 5.51. The summed E-state index contributed by atoms with van der Waals surface area (Å²) in [6.07, 6.45) is 1.78. The summed E-state index contributed by atoms with van der Waals surface area (Å²) in [4.78, 5) is 4.31. The first kappa shape index (κ1) is 13.9. The lowest BCUT2D eigenvalue weighted by molar-refractivity contribution is 0.340. The SMILES string of the molecule is CCOc1cccc(C(C)Nc2ccc(Br)cn2)c1.